The molecule has 21 heavy (non-hydrogen) atoms. The zero-order valence-electron chi connectivity index (χ0n) is 13.6. The first-order valence-corrected chi connectivity index (χ1v) is 7.86. The van der Waals surface area contributed by atoms with E-state index in [0.717, 1.165) is 30.9 Å². The Bertz CT molecular complexity index is 462. The predicted molar refractivity (Wildman–Crippen MR) is 85.5 cm³/mol. The van der Waals surface area contributed by atoms with Gasteiger partial charge in [-0.25, -0.2) is 0 Å². The van der Waals surface area contributed by atoms with Gasteiger partial charge in [0.15, 0.2) is 0 Å². The van der Waals surface area contributed by atoms with Crippen molar-refractivity contribution in [2.45, 2.75) is 51.9 Å². The normalized spacial score (nSPS) is 23.5. The third-order valence-electron chi connectivity index (χ3n) is 4.23. The highest BCUT2D eigenvalue weighted by molar-refractivity contribution is 5.38. The molecule has 0 bridgehead atoms. The van der Waals surface area contributed by atoms with Crippen LogP contribution in [0.4, 0.5) is 0 Å². The zero-order chi connectivity index (χ0) is 15.4. The maximum atomic E-state index is 6.01. The van der Waals surface area contributed by atoms with E-state index in [1.807, 2.05) is 19.9 Å². The van der Waals surface area contributed by atoms with Crippen molar-refractivity contribution in [1.82, 2.24) is 4.90 Å². The summed E-state index contributed by atoms with van der Waals surface area (Å²) in [5.74, 6) is 0.959. The molecule has 2 N–H and O–H groups in total. The third-order valence-corrected chi connectivity index (χ3v) is 4.23. The summed E-state index contributed by atoms with van der Waals surface area (Å²) in [4.78, 5) is 2.36. The van der Waals surface area contributed by atoms with Crippen LogP contribution < -0.4 is 10.5 Å². The topological polar surface area (TPSA) is 47.7 Å². The molecule has 0 saturated carbocycles. The Hall–Kier alpha value is -1.10. The second-order valence-corrected chi connectivity index (χ2v) is 5.94. The highest BCUT2D eigenvalue weighted by atomic mass is 16.5. The summed E-state index contributed by atoms with van der Waals surface area (Å²) in [6.07, 6.45) is 1.39. The van der Waals surface area contributed by atoms with Crippen LogP contribution in [-0.2, 0) is 11.3 Å². The lowest BCUT2D eigenvalue weighted by atomic mass is 10.0. The number of likely N-dealkylation sites (N-methyl/N-ethyl adjacent to an activating group) is 1. The van der Waals surface area contributed by atoms with E-state index in [1.54, 1.807) is 0 Å². The molecule has 1 heterocycles. The number of hydrogen-bond acceptors (Lipinski definition) is 4. The van der Waals surface area contributed by atoms with Gasteiger partial charge in [-0.3, -0.25) is 4.90 Å². The summed E-state index contributed by atoms with van der Waals surface area (Å²) in [7, 11) is 2.16. The van der Waals surface area contributed by atoms with Crippen LogP contribution in [0.1, 0.15) is 44.4 Å². The number of rotatable bonds is 6. The third kappa shape index (κ3) is 3.96. The summed E-state index contributed by atoms with van der Waals surface area (Å²) in [6, 6.07) is 6.78. The Labute approximate surface area is 128 Å². The van der Waals surface area contributed by atoms with Gasteiger partial charge in [0.05, 0.1) is 12.7 Å². The van der Waals surface area contributed by atoms with E-state index in [2.05, 4.69) is 31.0 Å². The van der Waals surface area contributed by atoms with Gasteiger partial charge in [0.25, 0.3) is 0 Å². The second kappa shape index (κ2) is 7.25. The van der Waals surface area contributed by atoms with Crippen LogP contribution in [0.2, 0.25) is 0 Å². The second-order valence-electron chi connectivity index (χ2n) is 5.94. The highest BCUT2D eigenvalue weighted by Crippen LogP contribution is 2.27. The standard InChI is InChI=1S/C17H28N2O2/c1-5-20-17-7-6-14(12(2)18)10-15(17)11-19(4)16-8-9-21-13(16)3/h6-7,10,12-13,16H,5,8-9,11,18H2,1-4H3. The number of benzene rings is 1. The average Bonchev–Trinajstić information content (AvgIpc) is 2.87. The summed E-state index contributed by atoms with van der Waals surface area (Å²) in [5.41, 5.74) is 8.36. The van der Waals surface area contributed by atoms with Crippen molar-refractivity contribution in [2.75, 3.05) is 20.3 Å². The Balaban J connectivity index is 2.17. The molecular formula is C17H28N2O2. The van der Waals surface area contributed by atoms with Crippen molar-refractivity contribution < 1.29 is 9.47 Å². The van der Waals surface area contributed by atoms with Crippen molar-refractivity contribution in [3.8, 4) is 5.75 Å². The van der Waals surface area contributed by atoms with Gasteiger partial charge >= 0.3 is 0 Å². The van der Waals surface area contributed by atoms with E-state index in [-0.39, 0.29) is 6.04 Å². The van der Waals surface area contributed by atoms with E-state index in [9.17, 15) is 0 Å². The van der Waals surface area contributed by atoms with Gasteiger partial charge in [-0.15, -0.1) is 0 Å². The largest absolute Gasteiger partial charge is 0.494 e. The summed E-state index contributed by atoms with van der Waals surface area (Å²) >= 11 is 0. The molecule has 2 rings (SSSR count). The molecule has 1 aliphatic rings. The molecule has 3 atom stereocenters. The fourth-order valence-corrected chi connectivity index (χ4v) is 2.99. The first kappa shape index (κ1) is 16.3. The van der Waals surface area contributed by atoms with Crippen LogP contribution in [0.5, 0.6) is 5.75 Å². The van der Waals surface area contributed by atoms with E-state index in [0.29, 0.717) is 18.8 Å². The predicted octanol–water partition coefficient (Wildman–Crippen LogP) is 2.71. The van der Waals surface area contributed by atoms with Gasteiger partial charge in [-0.05, 0) is 51.9 Å². The molecule has 1 saturated heterocycles. The van der Waals surface area contributed by atoms with Gasteiger partial charge < -0.3 is 15.2 Å². The molecule has 0 aliphatic carbocycles. The van der Waals surface area contributed by atoms with E-state index in [1.165, 1.54) is 5.56 Å². The van der Waals surface area contributed by atoms with Crippen LogP contribution in [-0.4, -0.2) is 37.3 Å². The quantitative estimate of drug-likeness (QED) is 0.876. The minimum atomic E-state index is 0.0403. The number of nitrogens with zero attached hydrogens (tertiary/aromatic N) is 1. The fourth-order valence-electron chi connectivity index (χ4n) is 2.99. The Morgan fingerprint density at radius 2 is 2.24 bits per heavy atom. The molecule has 0 amide bonds. The minimum absolute atomic E-state index is 0.0403. The number of nitrogens with two attached hydrogens (primary N) is 1. The lowest BCUT2D eigenvalue weighted by Crippen LogP contribution is -2.36. The lowest BCUT2D eigenvalue weighted by molar-refractivity contribution is 0.0811. The highest BCUT2D eigenvalue weighted by Gasteiger charge is 2.28. The lowest BCUT2D eigenvalue weighted by Gasteiger charge is -2.27. The molecule has 1 fully saturated rings. The van der Waals surface area contributed by atoms with Crippen molar-refractivity contribution in [1.29, 1.82) is 0 Å². The molecule has 4 heteroatoms. The molecule has 3 unspecified atom stereocenters. The maximum Gasteiger partial charge on any atom is 0.123 e. The van der Waals surface area contributed by atoms with Crippen LogP contribution in [0.15, 0.2) is 18.2 Å². The van der Waals surface area contributed by atoms with Gasteiger partial charge in [0.2, 0.25) is 0 Å². The first-order valence-electron chi connectivity index (χ1n) is 7.86. The smallest absolute Gasteiger partial charge is 0.123 e. The van der Waals surface area contributed by atoms with E-state index < -0.39 is 0 Å². The fraction of sp³-hybridized carbons (Fsp3) is 0.647. The first-order chi connectivity index (χ1) is 10.0. The van der Waals surface area contributed by atoms with E-state index >= 15 is 0 Å². The molecule has 1 aliphatic heterocycles. The summed E-state index contributed by atoms with van der Waals surface area (Å²) in [6.45, 7) is 8.56. The summed E-state index contributed by atoms with van der Waals surface area (Å²) < 4.78 is 11.4. The molecule has 1 aromatic carbocycles. The van der Waals surface area contributed by atoms with Crippen molar-refractivity contribution >= 4 is 0 Å². The molecule has 0 spiro atoms. The Morgan fingerprint density at radius 1 is 1.48 bits per heavy atom. The Kier molecular flexibility index (Phi) is 5.62. The number of hydrogen-bond donors (Lipinski definition) is 1. The maximum absolute atomic E-state index is 6.01. The van der Waals surface area contributed by atoms with Crippen molar-refractivity contribution in [2.24, 2.45) is 5.73 Å². The number of ether oxygens (including phenoxy) is 2. The van der Waals surface area contributed by atoms with Gasteiger partial charge in [-0.2, -0.15) is 0 Å². The van der Waals surface area contributed by atoms with Crippen molar-refractivity contribution in [3.05, 3.63) is 29.3 Å². The van der Waals surface area contributed by atoms with Gasteiger partial charge in [0.1, 0.15) is 5.75 Å². The van der Waals surface area contributed by atoms with Crippen LogP contribution in [0, 0.1) is 0 Å². The van der Waals surface area contributed by atoms with Crippen molar-refractivity contribution in [3.63, 3.8) is 0 Å². The molecule has 118 valence electrons. The monoisotopic (exact) mass is 292 g/mol. The molecular weight excluding hydrogens is 264 g/mol. The van der Waals surface area contributed by atoms with Crippen LogP contribution in [0.25, 0.3) is 0 Å². The molecule has 1 aromatic rings. The van der Waals surface area contributed by atoms with Crippen LogP contribution in [0.3, 0.4) is 0 Å². The SMILES string of the molecule is CCOc1ccc(C(C)N)cc1CN(C)C1CCOC1C. The zero-order valence-corrected chi connectivity index (χ0v) is 13.6. The molecule has 0 radical (unpaired) electrons. The minimum Gasteiger partial charge on any atom is -0.494 e. The average molecular weight is 292 g/mol. The van der Waals surface area contributed by atoms with Gasteiger partial charge in [0, 0.05) is 30.8 Å². The van der Waals surface area contributed by atoms with Gasteiger partial charge in [-0.1, -0.05) is 6.07 Å². The summed E-state index contributed by atoms with van der Waals surface area (Å²) in [5, 5.41) is 0. The molecule has 0 aromatic heterocycles. The van der Waals surface area contributed by atoms with Crippen LogP contribution >= 0.6 is 0 Å². The van der Waals surface area contributed by atoms with E-state index in [4.69, 9.17) is 15.2 Å². The molecule has 4 nitrogen and oxygen atoms in total. The Morgan fingerprint density at radius 3 is 2.81 bits per heavy atom.